The Bertz CT molecular complexity index is 406. The number of aromatic nitrogens is 1. The van der Waals surface area contributed by atoms with Crippen molar-refractivity contribution < 1.29 is 9.31 Å². The lowest BCUT2D eigenvalue weighted by atomic mass is 9.65. The molecule has 1 radical (unpaired) electrons. The number of hydrogen-bond donors (Lipinski definition) is 0. The van der Waals surface area contributed by atoms with E-state index in [2.05, 4.69) is 9.98 Å². The minimum Gasteiger partial charge on any atom is -0.544 e. The van der Waals surface area contributed by atoms with Gasteiger partial charge in [-0.05, 0) is 19.1 Å². The van der Waals surface area contributed by atoms with Crippen LogP contribution in [0.15, 0.2) is 23.2 Å². The summed E-state index contributed by atoms with van der Waals surface area (Å²) in [6.07, 6.45) is 0. The van der Waals surface area contributed by atoms with E-state index in [-0.39, 0.29) is 12.8 Å². The van der Waals surface area contributed by atoms with Crippen molar-refractivity contribution in [2.75, 3.05) is 0 Å². The van der Waals surface area contributed by atoms with Crippen LogP contribution in [0, 0.1) is 6.92 Å². The van der Waals surface area contributed by atoms with E-state index in [4.69, 9.17) is 9.31 Å². The van der Waals surface area contributed by atoms with Crippen LogP contribution in [0.25, 0.3) is 0 Å². The van der Waals surface area contributed by atoms with Crippen molar-refractivity contribution in [2.24, 2.45) is 4.99 Å². The summed E-state index contributed by atoms with van der Waals surface area (Å²) >= 11 is 0. The predicted molar refractivity (Wildman–Crippen MR) is 53.5 cm³/mol. The molecule has 4 nitrogen and oxygen atoms in total. The van der Waals surface area contributed by atoms with Gasteiger partial charge in [-0.3, -0.25) is 0 Å². The molecule has 1 aromatic heterocycles. The number of hydrogen-bond acceptors (Lipinski definition) is 4. The second-order valence-corrected chi connectivity index (χ2v) is 3.36. The molecule has 2 aliphatic rings. The highest BCUT2D eigenvalue weighted by atomic mass is 16.6. The molecular weight excluding hydrogens is 178 g/mol. The largest absolute Gasteiger partial charge is 0.544 e. The zero-order valence-electron chi connectivity index (χ0n) is 7.68. The van der Waals surface area contributed by atoms with Crippen LogP contribution in [0.2, 0.25) is 0 Å². The van der Waals surface area contributed by atoms with Crippen LogP contribution in [0.4, 0.5) is 5.82 Å². The van der Waals surface area contributed by atoms with Gasteiger partial charge in [-0.1, -0.05) is 6.07 Å². The summed E-state index contributed by atoms with van der Waals surface area (Å²) in [5, 5.41) is 0. The van der Waals surface area contributed by atoms with Crippen molar-refractivity contribution in [3.8, 4) is 0 Å². The quantitative estimate of drug-likeness (QED) is 0.497. The van der Waals surface area contributed by atoms with E-state index in [0.29, 0.717) is 5.82 Å². The van der Waals surface area contributed by atoms with E-state index in [0.717, 1.165) is 11.5 Å². The predicted octanol–water partition coefficient (Wildman–Crippen LogP) is 0.496. The molecule has 1 unspecified atom stereocenters. The summed E-state index contributed by atoms with van der Waals surface area (Å²) in [6, 6.07) is 5.72. The maximum absolute atomic E-state index is 5.24. The fraction of sp³-hybridized carbons (Fsp3) is 0.250. The lowest BCUT2D eigenvalue weighted by molar-refractivity contribution is 0.513. The van der Waals surface area contributed by atoms with Gasteiger partial charge in [-0.2, -0.15) is 0 Å². The van der Waals surface area contributed by atoms with Gasteiger partial charge in [0.05, 0.1) is 5.90 Å². The average Bonchev–Trinajstić information content (AvgIpc) is 2.96. The van der Waals surface area contributed by atoms with Crippen molar-refractivity contribution >= 4 is 26.0 Å². The highest BCUT2D eigenvalue weighted by Crippen LogP contribution is 2.25. The summed E-state index contributed by atoms with van der Waals surface area (Å²) < 4.78 is 10.2. The average molecular weight is 185 g/mol. The summed E-state index contributed by atoms with van der Waals surface area (Å²) in [4.78, 5) is 8.51. The van der Waals surface area contributed by atoms with Gasteiger partial charge in [-0.25, -0.2) is 9.98 Å². The molecule has 0 saturated carbocycles. The van der Waals surface area contributed by atoms with E-state index in [9.17, 15) is 0 Å². The summed E-state index contributed by atoms with van der Waals surface area (Å²) in [5.41, 5.74) is 0.957. The van der Waals surface area contributed by atoms with Crippen LogP contribution < -0.4 is 0 Å². The topological polar surface area (TPSA) is 50.3 Å². The first-order valence-corrected chi connectivity index (χ1v) is 4.51. The second-order valence-electron chi connectivity index (χ2n) is 3.36. The fourth-order valence-corrected chi connectivity index (χ4v) is 1.29. The zero-order valence-corrected chi connectivity index (χ0v) is 7.68. The number of rotatable bonds is 2. The second kappa shape index (κ2) is 2.85. The first-order chi connectivity index (χ1) is 6.83. The molecule has 1 aromatic rings. The van der Waals surface area contributed by atoms with Gasteiger partial charge in [0.15, 0.2) is 11.6 Å². The molecule has 6 heteroatoms. The molecule has 14 heavy (non-hydrogen) atoms. The monoisotopic (exact) mass is 185 g/mol. The molecule has 3 heterocycles. The molecule has 0 amide bonds. The van der Waals surface area contributed by atoms with E-state index >= 15 is 0 Å². The minimum absolute atomic E-state index is 0.0392. The Balaban J connectivity index is 1.78. The van der Waals surface area contributed by atoms with Crippen LogP contribution in [0.1, 0.15) is 5.69 Å². The van der Waals surface area contributed by atoms with Crippen molar-refractivity contribution in [3.63, 3.8) is 0 Å². The van der Waals surface area contributed by atoms with Crippen LogP contribution in [0.3, 0.4) is 0 Å². The molecular formula is C8H7B2N2O2. The molecule has 67 valence electrons. The molecule has 0 spiro atoms. The number of pyridine rings is 1. The number of aryl methyl sites for hydroxylation is 1. The molecule has 0 bridgehead atoms. The first kappa shape index (κ1) is 8.05. The van der Waals surface area contributed by atoms with Gasteiger partial charge in [0, 0.05) is 5.69 Å². The molecule has 2 aliphatic heterocycles. The lowest BCUT2D eigenvalue weighted by Gasteiger charge is -1.91. The molecule has 0 aliphatic carbocycles. The Morgan fingerprint density at radius 3 is 3.14 bits per heavy atom. The molecule has 0 N–H and O–H groups in total. The number of aliphatic imine (C=N–C) groups is 1. The van der Waals surface area contributed by atoms with Gasteiger partial charge >= 0.3 is 14.4 Å². The Morgan fingerprint density at radius 2 is 2.43 bits per heavy atom. The fourth-order valence-electron chi connectivity index (χ4n) is 1.29. The standard InChI is InChI=1S/C8H7B2N2O2/c1-5-3-2-4-6(11-5)12-8-10(14-8)7-9-13-7/h2-4,7H,1H3. The Labute approximate surface area is 82.7 Å². The Morgan fingerprint density at radius 1 is 1.57 bits per heavy atom. The maximum atomic E-state index is 5.24. The van der Waals surface area contributed by atoms with Crippen LogP contribution >= 0.6 is 0 Å². The summed E-state index contributed by atoms with van der Waals surface area (Å²) in [6.45, 7) is 1.98. The third-order valence-electron chi connectivity index (χ3n) is 2.12. The van der Waals surface area contributed by atoms with E-state index in [1.807, 2.05) is 25.1 Å². The Kier molecular flexibility index (Phi) is 1.64. The van der Waals surface area contributed by atoms with Crippen LogP contribution in [-0.4, -0.2) is 31.1 Å². The van der Waals surface area contributed by atoms with Crippen LogP contribution in [0.5, 0.6) is 0 Å². The molecule has 3 rings (SSSR count). The van der Waals surface area contributed by atoms with Crippen molar-refractivity contribution in [1.82, 2.24) is 4.98 Å². The van der Waals surface area contributed by atoms with Crippen molar-refractivity contribution in [3.05, 3.63) is 23.9 Å². The molecule has 1 atom stereocenters. The highest BCUT2D eigenvalue weighted by molar-refractivity contribution is 7.04. The van der Waals surface area contributed by atoms with Gasteiger partial charge in [-0.15, -0.1) is 0 Å². The maximum Gasteiger partial charge on any atom is 0.474 e. The summed E-state index contributed by atoms with van der Waals surface area (Å²) in [5.74, 6) is 1.54. The summed E-state index contributed by atoms with van der Waals surface area (Å²) in [7, 11) is 1.75. The molecule has 0 aromatic carbocycles. The van der Waals surface area contributed by atoms with Gasteiger partial charge in [0.1, 0.15) is 0 Å². The van der Waals surface area contributed by atoms with Crippen molar-refractivity contribution in [1.29, 1.82) is 0 Å². The van der Waals surface area contributed by atoms with Crippen molar-refractivity contribution in [2.45, 2.75) is 12.8 Å². The first-order valence-electron chi connectivity index (χ1n) is 4.51. The van der Waals surface area contributed by atoms with Crippen LogP contribution in [-0.2, 0) is 9.31 Å². The van der Waals surface area contributed by atoms with E-state index in [1.54, 1.807) is 7.48 Å². The van der Waals surface area contributed by atoms with E-state index < -0.39 is 0 Å². The Hall–Kier alpha value is -1.29. The zero-order chi connectivity index (χ0) is 9.54. The SMILES string of the molecule is Cc1cccc(N=C2OB2C2[B]O2)n1. The number of nitrogens with zero attached hydrogens (tertiary/aromatic N) is 2. The van der Waals surface area contributed by atoms with E-state index in [1.165, 1.54) is 0 Å². The normalized spacial score (nSPS) is 25.6. The molecule has 2 saturated heterocycles. The van der Waals surface area contributed by atoms with Gasteiger partial charge < -0.3 is 9.31 Å². The third kappa shape index (κ3) is 1.53. The minimum atomic E-state index is 0.0392. The van der Waals surface area contributed by atoms with Gasteiger partial charge in [0.25, 0.3) is 0 Å². The molecule has 2 fully saturated rings. The lowest BCUT2D eigenvalue weighted by Crippen LogP contribution is -2.04. The third-order valence-corrected chi connectivity index (χ3v) is 2.12. The smallest absolute Gasteiger partial charge is 0.474 e. The van der Waals surface area contributed by atoms with Gasteiger partial charge in [0.2, 0.25) is 0 Å². The highest BCUT2D eigenvalue weighted by Gasteiger charge is 2.56.